The quantitative estimate of drug-likeness (QED) is 0.714. The monoisotopic (exact) mass is 449 g/mol. The van der Waals surface area contributed by atoms with Gasteiger partial charge in [-0.2, -0.15) is 9.46 Å². The molecule has 0 N–H and O–H groups in total. The molecule has 1 atom stereocenters. The Morgan fingerprint density at radius 1 is 1.30 bits per heavy atom. The normalized spacial score (nSPS) is 18.8. The number of aryl methyl sites for hydroxylation is 3. The van der Waals surface area contributed by atoms with Gasteiger partial charge in [0.2, 0.25) is 0 Å². The number of thiazole rings is 1. The molecule has 1 fully saturated rings. The Labute approximate surface area is 180 Å². The van der Waals surface area contributed by atoms with Gasteiger partial charge in [0.25, 0.3) is 5.91 Å². The molecule has 10 heteroatoms. The molecule has 2 amide bonds. The summed E-state index contributed by atoms with van der Waals surface area (Å²) in [5.41, 5.74) is 2.87. The first-order valence-corrected chi connectivity index (χ1v) is 13.2. The van der Waals surface area contributed by atoms with E-state index in [1.165, 1.54) is 11.3 Å². The fourth-order valence-corrected chi connectivity index (χ4v) is 6.67. The Bertz CT molecular complexity index is 1100. The van der Waals surface area contributed by atoms with Gasteiger partial charge in [0, 0.05) is 42.6 Å². The topological polar surface area (TPSA) is 97.5 Å². The lowest BCUT2D eigenvalue weighted by Gasteiger charge is -2.32. The molecule has 162 valence electrons. The van der Waals surface area contributed by atoms with E-state index in [0.29, 0.717) is 37.3 Å². The van der Waals surface area contributed by atoms with Crippen LogP contribution in [0.1, 0.15) is 63.4 Å². The van der Waals surface area contributed by atoms with Gasteiger partial charge in [0.15, 0.2) is 0 Å². The third kappa shape index (κ3) is 3.94. The fraction of sp³-hybridized carbons (Fsp3) is 0.600. The zero-order valence-electron chi connectivity index (χ0n) is 17.6. The minimum absolute atomic E-state index is 0.0783. The van der Waals surface area contributed by atoms with Gasteiger partial charge in [0.1, 0.15) is 11.4 Å². The van der Waals surface area contributed by atoms with Crippen LogP contribution >= 0.6 is 11.3 Å². The van der Waals surface area contributed by atoms with Crippen LogP contribution in [0.2, 0.25) is 0 Å². The lowest BCUT2D eigenvalue weighted by Crippen LogP contribution is -2.42. The molecule has 1 unspecified atom stereocenters. The Morgan fingerprint density at radius 2 is 2.03 bits per heavy atom. The molecule has 30 heavy (non-hydrogen) atoms. The molecule has 0 aromatic carbocycles. The van der Waals surface area contributed by atoms with Crippen molar-refractivity contribution in [3.8, 4) is 0 Å². The minimum atomic E-state index is -2.72. The van der Waals surface area contributed by atoms with E-state index in [4.69, 9.17) is 0 Å². The van der Waals surface area contributed by atoms with E-state index in [1.54, 1.807) is 28.3 Å². The molecule has 2 aromatic rings. The zero-order chi connectivity index (χ0) is 21.5. The summed E-state index contributed by atoms with van der Waals surface area (Å²) >= 11 is 1.50. The first-order chi connectivity index (χ1) is 14.3. The lowest BCUT2D eigenvalue weighted by molar-refractivity contribution is 0.0720. The molecular formula is C20H27N5O3S2. The second kappa shape index (κ2) is 8.22. The molecule has 8 nitrogen and oxygen atoms in total. The molecule has 0 saturated carbocycles. The van der Waals surface area contributed by atoms with Crippen LogP contribution in [0.3, 0.4) is 0 Å². The Balaban J connectivity index is 1.45. The molecule has 0 bridgehead atoms. The van der Waals surface area contributed by atoms with E-state index in [1.807, 2.05) is 6.92 Å². The smallest absolute Gasteiger partial charge is 0.303 e. The maximum atomic E-state index is 13.3. The van der Waals surface area contributed by atoms with Gasteiger partial charge in [-0.1, -0.05) is 6.92 Å². The number of aromatic nitrogens is 3. The largest absolute Gasteiger partial charge is 0.337 e. The number of likely N-dealkylation sites (tertiary alicyclic amines) is 1. The van der Waals surface area contributed by atoms with Crippen LogP contribution in [-0.4, -0.2) is 60.3 Å². The van der Waals surface area contributed by atoms with Crippen molar-refractivity contribution in [2.75, 3.05) is 19.3 Å². The third-order valence-corrected chi connectivity index (χ3v) is 9.19. The van der Waals surface area contributed by atoms with Crippen molar-refractivity contribution in [3.05, 3.63) is 33.0 Å². The van der Waals surface area contributed by atoms with Crippen molar-refractivity contribution >= 4 is 32.9 Å². The summed E-state index contributed by atoms with van der Waals surface area (Å²) in [6.45, 7) is 3.01. The van der Waals surface area contributed by atoms with Crippen LogP contribution < -0.4 is 0 Å². The van der Waals surface area contributed by atoms with Crippen LogP contribution in [-0.2, 0) is 36.0 Å². The summed E-state index contributed by atoms with van der Waals surface area (Å²) in [4.78, 5) is 31.7. The van der Waals surface area contributed by atoms with Gasteiger partial charge in [-0.15, -0.1) is 11.3 Å². The second-order valence-electron chi connectivity index (χ2n) is 7.98. The SMILES string of the molecule is CCc1nc(C(=O)N2CCC(S(C)(=O)=NC(=O)c3c4c(nn3C)CCC4)CC2)cs1. The summed E-state index contributed by atoms with van der Waals surface area (Å²) in [7, 11) is -0.982. The summed E-state index contributed by atoms with van der Waals surface area (Å²) in [5.74, 6) is -0.515. The van der Waals surface area contributed by atoms with Gasteiger partial charge in [-0.3, -0.25) is 14.3 Å². The number of nitrogens with zero attached hydrogens (tertiary/aromatic N) is 5. The summed E-state index contributed by atoms with van der Waals surface area (Å²) in [6, 6.07) is 0. The maximum Gasteiger partial charge on any atom is 0.303 e. The third-order valence-electron chi connectivity index (χ3n) is 5.96. The highest BCUT2D eigenvalue weighted by atomic mass is 32.2. The van der Waals surface area contributed by atoms with Gasteiger partial charge >= 0.3 is 5.91 Å². The van der Waals surface area contributed by atoms with E-state index < -0.39 is 15.6 Å². The second-order valence-corrected chi connectivity index (χ2v) is 11.5. The minimum Gasteiger partial charge on any atom is -0.337 e. The average Bonchev–Trinajstić information content (AvgIpc) is 3.42. The number of hydrogen-bond acceptors (Lipinski definition) is 6. The van der Waals surface area contributed by atoms with Gasteiger partial charge < -0.3 is 4.90 Å². The van der Waals surface area contributed by atoms with Gasteiger partial charge in [-0.25, -0.2) is 9.19 Å². The van der Waals surface area contributed by atoms with Crippen molar-refractivity contribution in [3.63, 3.8) is 0 Å². The Kier molecular flexibility index (Phi) is 5.80. The number of carbonyl (C=O) groups is 2. The first-order valence-electron chi connectivity index (χ1n) is 10.3. The predicted octanol–water partition coefficient (Wildman–Crippen LogP) is 2.47. The molecule has 4 rings (SSSR count). The number of amides is 2. The zero-order valence-corrected chi connectivity index (χ0v) is 19.2. The highest BCUT2D eigenvalue weighted by Crippen LogP contribution is 2.26. The van der Waals surface area contributed by atoms with Crippen LogP contribution in [0.5, 0.6) is 0 Å². The van der Waals surface area contributed by atoms with E-state index in [0.717, 1.165) is 41.9 Å². The van der Waals surface area contributed by atoms with E-state index in [-0.39, 0.29) is 11.2 Å². The summed E-state index contributed by atoms with van der Waals surface area (Å²) < 4.78 is 19.1. The average molecular weight is 450 g/mol. The van der Waals surface area contributed by atoms with E-state index >= 15 is 0 Å². The Hall–Kier alpha value is -2.07. The number of hydrogen-bond donors (Lipinski definition) is 0. The molecule has 2 aliphatic rings. The highest BCUT2D eigenvalue weighted by Gasteiger charge is 2.31. The molecule has 1 aliphatic heterocycles. The number of piperidine rings is 1. The van der Waals surface area contributed by atoms with Crippen LogP contribution in [0.4, 0.5) is 0 Å². The van der Waals surface area contributed by atoms with E-state index in [2.05, 4.69) is 14.4 Å². The Morgan fingerprint density at radius 3 is 2.70 bits per heavy atom. The van der Waals surface area contributed by atoms with Crippen molar-refractivity contribution < 1.29 is 13.8 Å². The van der Waals surface area contributed by atoms with Crippen LogP contribution in [0.25, 0.3) is 0 Å². The van der Waals surface area contributed by atoms with Crippen molar-refractivity contribution in [1.82, 2.24) is 19.7 Å². The summed E-state index contributed by atoms with van der Waals surface area (Å²) in [6.07, 6.45) is 6.19. The van der Waals surface area contributed by atoms with Crippen molar-refractivity contribution in [2.45, 2.75) is 50.7 Å². The van der Waals surface area contributed by atoms with Gasteiger partial charge in [0.05, 0.1) is 20.4 Å². The number of fused-ring (bicyclic) bond motifs is 1. The van der Waals surface area contributed by atoms with Crippen LogP contribution in [0.15, 0.2) is 9.74 Å². The number of carbonyl (C=O) groups excluding carboxylic acids is 2. The molecule has 1 aliphatic carbocycles. The fourth-order valence-electron chi connectivity index (χ4n) is 4.30. The maximum absolute atomic E-state index is 13.3. The molecule has 0 radical (unpaired) electrons. The molecular weight excluding hydrogens is 422 g/mol. The first kappa shape index (κ1) is 21.2. The van der Waals surface area contributed by atoms with Crippen LogP contribution in [0, 0.1) is 0 Å². The highest BCUT2D eigenvalue weighted by molar-refractivity contribution is 7.93. The van der Waals surface area contributed by atoms with E-state index in [9.17, 15) is 13.8 Å². The molecule has 0 spiro atoms. The molecule has 2 aromatic heterocycles. The lowest BCUT2D eigenvalue weighted by atomic mass is 10.1. The molecule has 3 heterocycles. The predicted molar refractivity (Wildman–Crippen MR) is 116 cm³/mol. The van der Waals surface area contributed by atoms with Crippen molar-refractivity contribution in [1.29, 1.82) is 0 Å². The summed E-state index contributed by atoms with van der Waals surface area (Å²) in [5, 5.41) is 6.95. The standard InChI is InChI=1S/C20H27N5O3S2/c1-4-17-21-16(12-29-17)20(27)25-10-8-13(9-11-25)30(3,28)23-19(26)18-14-6-5-7-15(14)22-24(18)2/h12-13H,4-11H2,1-3H3. The molecule has 1 saturated heterocycles. The number of rotatable bonds is 4. The van der Waals surface area contributed by atoms with Crippen molar-refractivity contribution in [2.24, 2.45) is 11.4 Å². The van der Waals surface area contributed by atoms with Gasteiger partial charge in [-0.05, 0) is 38.5 Å².